The third-order valence-corrected chi connectivity index (χ3v) is 6.99. The maximum absolute atomic E-state index is 13.8. The lowest BCUT2D eigenvalue weighted by Gasteiger charge is -2.31. The van der Waals surface area contributed by atoms with Gasteiger partial charge in [0.2, 0.25) is 0 Å². The van der Waals surface area contributed by atoms with Gasteiger partial charge in [0.1, 0.15) is 5.75 Å². The molecule has 3 aromatic rings. The van der Waals surface area contributed by atoms with Crippen molar-refractivity contribution in [3.63, 3.8) is 0 Å². The van der Waals surface area contributed by atoms with Crippen molar-refractivity contribution in [3.05, 3.63) is 128 Å². The van der Waals surface area contributed by atoms with Crippen LogP contribution >= 0.6 is 11.6 Å². The van der Waals surface area contributed by atoms with E-state index in [-0.39, 0.29) is 23.6 Å². The first-order valence-electron chi connectivity index (χ1n) is 11.5. The molecule has 0 radical (unpaired) electrons. The van der Waals surface area contributed by atoms with Crippen molar-refractivity contribution in [1.29, 1.82) is 0 Å². The van der Waals surface area contributed by atoms with Gasteiger partial charge in [-0.2, -0.15) is 0 Å². The minimum atomic E-state index is -0.483. The highest BCUT2D eigenvalue weighted by Crippen LogP contribution is 2.46. The fourth-order valence-corrected chi connectivity index (χ4v) is 5.16. The summed E-state index contributed by atoms with van der Waals surface area (Å²) in [5.41, 5.74) is 11.2. The number of hydrogen-bond donors (Lipinski definition) is 1. The second kappa shape index (κ2) is 9.60. The van der Waals surface area contributed by atoms with E-state index in [9.17, 15) is 14.9 Å². The molecule has 1 heterocycles. The summed E-state index contributed by atoms with van der Waals surface area (Å²) in [6, 6.07) is 19.0. The second-order valence-electron chi connectivity index (χ2n) is 8.83. The molecule has 36 heavy (non-hydrogen) atoms. The number of hydrogen-bond acceptors (Lipinski definition) is 5. The van der Waals surface area contributed by atoms with Gasteiger partial charge in [0.25, 0.3) is 11.6 Å². The first-order chi connectivity index (χ1) is 17.4. The van der Waals surface area contributed by atoms with Crippen molar-refractivity contribution in [1.82, 2.24) is 4.90 Å². The molecule has 0 aromatic heterocycles. The Kier molecular flexibility index (Phi) is 6.35. The fraction of sp³-hybridized carbons (Fsp3) is 0.179. The summed E-state index contributed by atoms with van der Waals surface area (Å²) in [5, 5.41) is 11.7. The third-order valence-electron chi connectivity index (χ3n) is 6.65. The molecule has 5 rings (SSSR count). The summed E-state index contributed by atoms with van der Waals surface area (Å²) in [7, 11) is 1.60. The summed E-state index contributed by atoms with van der Waals surface area (Å²) in [6.07, 6.45) is 4.59. The zero-order valence-corrected chi connectivity index (χ0v) is 20.3. The number of methoxy groups -OCH3 is 1. The van der Waals surface area contributed by atoms with Crippen molar-refractivity contribution >= 4 is 23.2 Å². The summed E-state index contributed by atoms with van der Waals surface area (Å²) >= 11 is 6.70. The number of non-ortho nitro benzene ring substituents is 1. The SMILES string of the molecule is COc1ccc2c(c1)CN(C(=O)c1ccc([N+](=O)[O-])cc1)C1=CCC(N)C=C1C2c1ccccc1Cl. The standard InChI is InChI=1S/C28H24ClN3O4/c1-36-21-11-12-22-18(14-21)16-31(28(33)17-6-9-20(10-7-17)32(34)35)26-13-8-19(30)15-24(26)27(22)23-4-2-3-5-25(23)29/h2-7,9-15,19,27H,8,16,30H2,1H3. The molecule has 2 unspecified atom stereocenters. The highest BCUT2D eigenvalue weighted by atomic mass is 35.5. The van der Waals surface area contributed by atoms with Crippen LogP contribution in [0.1, 0.15) is 39.4 Å². The first kappa shape index (κ1) is 23.8. The molecule has 0 saturated carbocycles. The van der Waals surface area contributed by atoms with E-state index in [0.717, 1.165) is 28.0 Å². The molecule has 7 nitrogen and oxygen atoms in total. The monoisotopic (exact) mass is 501 g/mol. The van der Waals surface area contributed by atoms with Gasteiger partial charge < -0.3 is 15.4 Å². The van der Waals surface area contributed by atoms with Crippen LogP contribution in [0.15, 0.2) is 90.2 Å². The lowest BCUT2D eigenvalue weighted by Crippen LogP contribution is -2.33. The molecule has 8 heteroatoms. The van der Waals surface area contributed by atoms with Gasteiger partial charge in [-0.25, -0.2) is 0 Å². The van der Waals surface area contributed by atoms with Crippen LogP contribution < -0.4 is 10.5 Å². The molecule has 1 amide bonds. The van der Waals surface area contributed by atoms with Crippen molar-refractivity contribution in [2.24, 2.45) is 5.73 Å². The van der Waals surface area contributed by atoms with E-state index in [4.69, 9.17) is 22.1 Å². The fourth-order valence-electron chi connectivity index (χ4n) is 4.92. The minimum absolute atomic E-state index is 0.0697. The van der Waals surface area contributed by atoms with E-state index in [0.29, 0.717) is 29.3 Å². The van der Waals surface area contributed by atoms with E-state index in [2.05, 4.69) is 0 Å². The van der Waals surface area contributed by atoms with Gasteiger partial charge in [-0.15, -0.1) is 0 Å². The minimum Gasteiger partial charge on any atom is -0.497 e. The number of nitro benzene ring substituents is 1. The van der Waals surface area contributed by atoms with Crippen molar-refractivity contribution < 1.29 is 14.5 Å². The van der Waals surface area contributed by atoms with Crippen LogP contribution in [-0.2, 0) is 6.54 Å². The number of amides is 1. The van der Waals surface area contributed by atoms with Crippen LogP contribution in [0.2, 0.25) is 5.02 Å². The number of rotatable bonds is 4. The van der Waals surface area contributed by atoms with Crippen LogP contribution in [0.5, 0.6) is 5.75 Å². The zero-order chi connectivity index (χ0) is 25.4. The predicted octanol–water partition coefficient (Wildman–Crippen LogP) is 5.59. The zero-order valence-electron chi connectivity index (χ0n) is 19.6. The number of benzene rings is 3. The molecule has 1 aliphatic carbocycles. The molecule has 2 N–H and O–H groups in total. The summed E-state index contributed by atoms with van der Waals surface area (Å²) in [5.74, 6) is 0.178. The first-order valence-corrected chi connectivity index (χ1v) is 11.9. The summed E-state index contributed by atoms with van der Waals surface area (Å²) < 4.78 is 5.49. The Morgan fingerprint density at radius 1 is 1.11 bits per heavy atom. The van der Waals surface area contributed by atoms with Gasteiger partial charge in [-0.1, -0.05) is 48.0 Å². The number of ether oxygens (including phenoxy) is 1. The predicted molar refractivity (Wildman–Crippen MR) is 138 cm³/mol. The topological polar surface area (TPSA) is 98.7 Å². The molecule has 2 atom stereocenters. The van der Waals surface area contributed by atoms with Crippen LogP contribution in [-0.4, -0.2) is 28.9 Å². The highest BCUT2D eigenvalue weighted by molar-refractivity contribution is 6.31. The van der Waals surface area contributed by atoms with E-state index < -0.39 is 4.92 Å². The van der Waals surface area contributed by atoms with Gasteiger partial charge in [0.15, 0.2) is 0 Å². The number of nitro groups is 1. The molecule has 3 aromatic carbocycles. The summed E-state index contributed by atoms with van der Waals surface area (Å²) in [6.45, 7) is 0.293. The highest BCUT2D eigenvalue weighted by Gasteiger charge is 2.36. The van der Waals surface area contributed by atoms with Gasteiger partial charge in [-0.3, -0.25) is 14.9 Å². The Bertz CT molecular complexity index is 1410. The van der Waals surface area contributed by atoms with E-state index in [1.165, 1.54) is 24.3 Å². The largest absolute Gasteiger partial charge is 0.497 e. The molecule has 2 aliphatic rings. The van der Waals surface area contributed by atoms with Crippen molar-refractivity contribution in [2.45, 2.75) is 24.9 Å². The molecule has 0 fully saturated rings. The van der Waals surface area contributed by atoms with Gasteiger partial charge in [-0.05, 0) is 59.0 Å². The quantitative estimate of drug-likeness (QED) is 0.371. The molecule has 0 bridgehead atoms. The van der Waals surface area contributed by atoms with Crippen molar-refractivity contribution in [2.75, 3.05) is 7.11 Å². The molecule has 182 valence electrons. The summed E-state index contributed by atoms with van der Waals surface area (Å²) in [4.78, 5) is 26.2. The van der Waals surface area contributed by atoms with E-state index in [1.807, 2.05) is 54.6 Å². The Hall–Kier alpha value is -3.94. The molecule has 0 saturated heterocycles. The Labute approximate surface area is 213 Å². The maximum Gasteiger partial charge on any atom is 0.269 e. The molecular formula is C28H24ClN3O4. The number of fused-ring (bicyclic) bond motifs is 2. The number of carbonyl (C=O) groups is 1. The van der Waals surface area contributed by atoms with Crippen LogP contribution in [0.3, 0.4) is 0 Å². The number of halogens is 1. The van der Waals surface area contributed by atoms with Crippen molar-refractivity contribution in [3.8, 4) is 5.75 Å². The molecular weight excluding hydrogens is 478 g/mol. The Morgan fingerprint density at radius 3 is 2.56 bits per heavy atom. The average Bonchev–Trinajstić information content (AvgIpc) is 3.02. The van der Waals surface area contributed by atoms with Gasteiger partial charge in [0.05, 0.1) is 18.6 Å². The Balaban J connectivity index is 1.69. The second-order valence-corrected chi connectivity index (χ2v) is 9.23. The van der Waals surface area contributed by atoms with Crippen LogP contribution in [0, 0.1) is 10.1 Å². The number of carbonyl (C=O) groups excluding carboxylic acids is 1. The lowest BCUT2D eigenvalue weighted by molar-refractivity contribution is -0.384. The number of nitrogens with zero attached hydrogens (tertiary/aromatic N) is 2. The average molecular weight is 502 g/mol. The van der Waals surface area contributed by atoms with Gasteiger partial charge in [0, 0.05) is 40.4 Å². The molecule has 1 aliphatic heterocycles. The smallest absolute Gasteiger partial charge is 0.269 e. The normalized spacial score (nSPS) is 18.8. The molecule has 0 spiro atoms. The maximum atomic E-state index is 13.8. The van der Waals surface area contributed by atoms with E-state index in [1.54, 1.807) is 12.0 Å². The number of nitrogens with two attached hydrogens (primary N) is 1. The van der Waals surface area contributed by atoms with Gasteiger partial charge >= 0.3 is 0 Å². The van der Waals surface area contributed by atoms with Crippen LogP contribution in [0.4, 0.5) is 5.69 Å². The third kappa shape index (κ3) is 4.27. The van der Waals surface area contributed by atoms with Crippen LogP contribution in [0.25, 0.3) is 0 Å². The Morgan fingerprint density at radius 2 is 1.86 bits per heavy atom. The lowest BCUT2D eigenvalue weighted by atomic mass is 9.79. The van der Waals surface area contributed by atoms with E-state index >= 15 is 0 Å². The number of allylic oxidation sites excluding steroid dienone is 1.